The van der Waals surface area contributed by atoms with E-state index in [2.05, 4.69) is 9.55 Å². The van der Waals surface area contributed by atoms with E-state index >= 15 is 0 Å². The van der Waals surface area contributed by atoms with Crippen molar-refractivity contribution in [1.29, 1.82) is 5.26 Å². The minimum absolute atomic E-state index is 0.0813. The first-order valence-electron chi connectivity index (χ1n) is 7.91. The molecule has 0 spiro atoms. The van der Waals surface area contributed by atoms with Crippen LogP contribution in [0.2, 0.25) is 0 Å². The van der Waals surface area contributed by atoms with Crippen molar-refractivity contribution in [2.45, 2.75) is 25.1 Å². The molecule has 0 aliphatic carbocycles. The summed E-state index contributed by atoms with van der Waals surface area (Å²) in [5.74, 6) is 1.28. The van der Waals surface area contributed by atoms with E-state index in [-0.39, 0.29) is 11.7 Å². The maximum absolute atomic E-state index is 12.6. The average molecular weight is 344 g/mol. The Morgan fingerprint density at radius 2 is 2.29 bits per heavy atom. The molecule has 3 rings (SSSR count). The third kappa shape index (κ3) is 3.66. The Morgan fingerprint density at radius 1 is 1.46 bits per heavy atom. The molecule has 24 heavy (non-hydrogen) atoms. The van der Waals surface area contributed by atoms with E-state index in [9.17, 15) is 8.42 Å². The molecule has 0 saturated carbocycles. The van der Waals surface area contributed by atoms with Gasteiger partial charge in [0, 0.05) is 39.0 Å². The van der Waals surface area contributed by atoms with E-state index in [1.54, 1.807) is 37.5 Å². The number of benzene rings is 1. The molecule has 1 aliphatic heterocycles. The van der Waals surface area contributed by atoms with Gasteiger partial charge >= 0.3 is 0 Å². The van der Waals surface area contributed by atoms with E-state index in [1.165, 1.54) is 4.31 Å². The molecule has 2 aromatic rings. The van der Waals surface area contributed by atoms with Crippen LogP contribution < -0.4 is 0 Å². The number of imidazole rings is 1. The molecular weight excluding hydrogens is 324 g/mol. The highest BCUT2D eigenvalue weighted by Crippen LogP contribution is 2.21. The lowest BCUT2D eigenvalue weighted by molar-refractivity contribution is 0.303. The monoisotopic (exact) mass is 344 g/mol. The normalized spacial score (nSPS) is 17.5. The van der Waals surface area contributed by atoms with Crippen molar-refractivity contribution < 1.29 is 8.42 Å². The van der Waals surface area contributed by atoms with Gasteiger partial charge in [0.1, 0.15) is 5.82 Å². The molecule has 6 nitrogen and oxygen atoms in total. The number of aryl methyl sites for hydroxylation is 1. The quantitative estimate of drug-likeness (QED) is 0.828. The maximum Gasteiger partial charge on any atom is 0.218 e. The minimum Gasteiger partial charge on any atom is -0.335 e. The van der Waals surface area contributed by atoms with Crippen LogP contribution in [-0.4, -0.2) is 35.9 Å². The Morgan fingerprint density at radius 3 is 3.08 bits per heavy atom. The number of fused-ring (bicyclic) bond motifs is 1. The van der Waals surface area contributed by atoms with Gasteiger partial charge in [0.25, 0.3) is 0 Å². The molecule has 7 heteroatoms. The topological polar surface area (TPSA) is 79.0 Å². The highest BCUT2D eigenvalue weighted by Gasteiger charge is 2.25. The average Bonchev–Trinajstić information content (AvgIpc) is 3.02. The van der Waals surface area contributed by atoms with Crippen molar-refractivity contribution in [3.63, 3.8) is 0 Å². The maximum atomic E-state index is 12.6. The highest BCUT2D eigenvalue weighted by molar-refractivity contribution is 7.88. The molecule has 0 fully saturated rings. The van der Waals surface area contributed by atoms with E-state index in [0.29, 0.717) is 17.7 Å². The van der Waals surface area contributed by atoms with Gasteiger partial charge in [-0.15, -0.1) is 0 Å². The van der Waals surface area contributed by atoms with E-state index < -0.39 is 10.0 Å². The highest BCUT2D eigenvalue weighted by atomic mass is 32.2. The Bertz CT molecular complexity index is 867. The summed E-state index contributed by atoms with van der Waals surface area (Å²) in [6.07, 6.45) is 5.57. The van der Waals surface area contributed by atoms with E-state index in [4.69, 9.17) is 5.26 Å². The summed E-state index contributed by atoms with van der Waals surface area (Å²) in [6.45, 7) is 1.30. The summed E-state index contributed by atoms with van der Waals surface area (Å²) in [5, 5.41) is 8.93. The minimum atomic E-state index is -3.40. The lowest BCUT2D eigenvalue weighted by Gasteiger charge is -2.27. The van der Waals surface area contributed by atoms with Crippen molar-refractivity contribution in [3.05, 3.63) is 53.6 Å². The van der Waals surface area contributed by atoms with E-state index in [0.717, 1.165) is 25.2 Å². The first-order valence-corrected chi connectivity index (χ1v) is 9.52. The summed E-state index contributed by atoms with van der Waals surface area (Å²) in [7, 11) is -1.77. The van der Waals surface area contributed by atoms with Crippen LogP contribution in [0.4, 0.5) is 0 Å². The summed E-state index contributed by atoms with van der Waals surface area (Å²) in [6, 6.07) is 8.79. The number of aromatic nitrogens is 2. The van der Waals surface area contributed by atoms with Crippen molar-refractivity contribution in [2.75, 3.05) is 13.6 Å². The second-order valence-corrected chi connectivity index (χ2v) is 8.33. The summed E-state index contributed by atoms with van der Waals surface area (Å²) in [5.41, 5.74) is 1.12. The molecular formula is C17H20N4O2S. The van der Waals surface area contributed by atoms with Gasteiger partial charge in [-0.3, -0.25) is 0 Å². The van der Waals surface area contributed by atoms with Crippen molar-refractivity contribution in [3.8, 4) is 6.07 Å². The lowest BCUT2D eigenvalue weighted by atomic mass is 10.00. The van der Waals surface area contributed by atoms with Gasteiger partial charge in [-0.1, -0.05) is 12.1 Å². The molecule has 0 N–H and O–H groups in total. The molecule has 0 amide bonds. The molecule has 126 valence electrons. The van der Waals surface area contributed by atoms with Crippen LogP contribution in [0.25, 0.3) is 0 Å². The predicted molar refractivity (Wildman–Crippen MR) is 90.4 cm³/mol. The second kappa shape index (κ2) is 6.75. The van der Waals surface area contributed by atoms with E-state index in [1.807, 2.05) is 12.3 Å². The summed E-state index contributed by atoms with van der Waals surface area (Å²) >= 11 is 0. The van der Waals surface area contributed by atoms with Crippen LogP contribution in [0, 0.1) is 17.2 Å². The van der Waals surface area contributed by atoms with Crippen LogP contribution in [0.1, 0.15) is 23.4 Å². The van der Waals surface area contributed by atoms with Gasteiger partial charge in [0.15, 0.2) is 0 Å². The fourth-order valence-electron chi connectivity index (χ4n) is 3.11. The molecule has 0 unspecified atom stereocenters. The lowest BCUT2D eigenvalue weighted by Crippen LogP contribution is -2.36. The molecule has 1 atom stereocenters. The number of hydrogen-bond acceptors (Lipinski definition) is 4. The zero-order valence-electron chi connectivity index (χ0n) is 13.6. The third-order valence-corrected chi connectivity index (χ3v) is 6.23. The zero-order chi connectivity index (χ0) is 17.2. The Hall–Kier alpha value is -2.17. The van der Waals surface area contributed by atoms with Crippen molar-refractivity contribution in [2.24, 2.45) is 5.92 Å². The number of rotatable bonds is 5. The number of nitriles is 1. The molecule has 1 aliphatic rings. The number of sulfonamides is 1. The first kappa shape index (κ1) is 16.7. The first-order chi connectivity index (χ1) is 11.5. The van der Waals surface area contributed by atoms with Crippen molar-refractivity contribution in [1.82, 2.24) is 13.9 Å². The van der Waals surface area contributed by atoms with Crippen LogP contribution >= 0.6 is 0 Å². The summed E-state index contributed by atoms with van der Waals surface area (Å²) < 4.78 is 28.7. The number of hydrogen-bond donors (Lipinski definition) is 0. The van der Waals surface area contributed by atoms with Gasteiger partial charge in [0.05, 0.1) is 17.4 Å². The Kier molecular flexibility index (Phi) is 4.69. The number of nitrogens with zero attached hydrogens (tertiary/aromatic N) is 4. The summed E-state index contributed by atoms with van der Waals surface area (Å²) in [4.78, 5) is 4.30. The SMILES string of the molecule is CN(C[C@@H]1CCc2nccn2C1)S(=O)(=O)Cc1cccc(C#N)c1. The zero-order valence-corrected chi connectivity index (χ0v) is 14.4. The van der Waals surface area contributed by atoms with Gasteiger partial charge in [-0.05, 0) is 30.0 Å². The van der Waals surface area contributed by atoms with Gasteiger partial charge < -0.3 is 4.57 Å². The Balaban J connectivity index is 1.65. The third-order valence-electron chi connectivity index (χ3n) is 4.43. The molecule has 0 radical (unpaired) electrons. The van der Waals surface area contributed by atoms with Crippen LogP contribution in [-0.2, 0) is 28.7 Å². The standard InChI is InChI=1S/C17H20N4O2S/c1-20(11-16-5-6-17-19-7-8-21(17)12-16)24(22,23)13-15-4-2-3-14(9-15)10-18/h2-4,7-9,16H,5-6,11-13H2,1H3/t16-/m0/s1. The predicted octanol–water partition coefficient (Wildman–Crippen LogP) is 1.78. The van der Waals surface area contributed by atoms with Crippen molar-refractivity contribution >= 4 is 10.0 Å². The molecule has 0 bridgehead atoms. The van der Waals surface area contributed by atoms with Gasteiger partial charge in [-0.2, -0.15) is 5.26 Å². The van der Waals surface area contributed by atoms with Crippen LogP contribution in [0.3, 0.4) is 0 Å². The van der Waals surface area contributed by atoms with Gasteiger partial charge in [0.2, 0.25) is 10.0 Å². The largest absolute Gasteiger partial charge is 0.335 e. The molecule has 2 heterocycles. The van der Waals surface area contributed by atoms with Crippen LogP contribution in [0.15, 0.2) is 36.7 Å². The smallest absolute Gasteiger partial charge is 0.218 e. The fraction of sp³-hybridized carbons (Fsp3) is 0.412. The van der Waals surface area contributed by atoms with Crippen LogP contribution in [0.5, 0.6) is 0 Å². The fourth-order valence-corrected chi connectivity index (χ4v) is 4.37. The Labute approximate surface area is 142 Å². The molecule has 0 saturated heterocycles. The molecule has 1 aromatic carbocycles. The van der Waals surface area contributed by atoms with Gasteiger partial charge in [-0.25, -0.2) is 17.7 Å². The second-order valence-electron chi connectivity index (χ2n) is 6.25. The molecule has 1 aromatic heterocycles.